The molecule has 0 saturated carbocycles. The zero-order valence-corrected chi connectivity index (χ0v) is 15.4. The Morgan fingerprint density at radius 2 is 1.81 bits per heavy atom. The Morgan fingerprint density at radius 1 is 1.07 bits per heavy atom. The fourth-order valence-electron chi connectivity index (χ4n) is 3.77. The number of halogens is 1. The predicted octanol–water partition coefficient (Wildman–Crippen LogP) is 3.87. The van der Waals surface area contributed by atoms with Gasteiger partial charge < -0.3 is 9.84 Å². The van der Waals surface area contributed by atoms with Crippen molar-refractivity contribution in [2.24, 2.45) is 0 Å². The second kappa shape index (κ2) is 7.25. The maximum absolute atomic E-state index is 13.1. The van der Waals surface area contributed by atoms with Gasteiger partial charge in [-0.05, 0) is 42.7 Å². The number of methoxy groups -OCH3 is 1. The van der Waals surface area contributed by atoms with E-state index in [1.807, 2.05) is 24.3 Å². The first kappa shape index (κ1) is 17.9. The number of ether oxygens (including phenoxy) is 1. The summed E-state index contributed by atoms with van der Waals surface area (Å²) in [7, 11) is 1.66. The molecule has 0 spiro atoms. The first-order valence-corrected chi connectivity index (χ1v) is 9.21. The molecule has 1 aromatic heterocycles. The topological polar surface area (TPSA) is 45.6 Å². The van der Waals surface area contributed by atoms with E-state index >= 15 is 0 Å². The monoisotopic (exact) mass is 366 g/mol. The van der Waals surface area contributed by atoms with Gasteiger partial charge in [-0.25, -0.2) is 9.37 Å². The Bertz CT molecular complexity index is 935. The number of likely N-dealkylation sites (tertiary alicyclic amines) is 1. The van der Waals surface area contributed by atoms with Crippen LogP contribution in [0.2, 0.25) is 0 Å². The number of pyridine rings is 1. The summed E-state index contributed by atoms with van der Waals surface area (Å²) in [5, 5.41) is 12.0. The molecule has 0 radical (unpaired) electrons. The molecule has 0 unspecified atom stereocenters. The Kier molecular flexibility index (Phi) is 4.81. The third-order valence-corrected chi connectivity index (χ3v) is 5.41. The lowest BCUT2D eigenvalue weighted by Gasteiger charge is -2.38. The van der Waals surface area contributed by atoms with E-state index in [0.29, 0.717) is 12.8 Å². The summed E-state index contributed by atoms with van der Waals surface area (Å²) < 4.78 is 18.6. The van der Waals surface area contributed by atoms with Crippen molar-refractivity contribution in [3.05, 3.63) is 71.7 Å². The van der Waals surface area contributed by atoms with E-state index in [1.165, 1.54) is 12.1 Å². The van der Waals surface area contributed by atoms with Gasteiger partial charge in [-0.3, -0.25) is 4.90 Å². The van der Waals surface area contributed by atoms with Crippen LogP contribution < -0.4 is 4.74 Å². The van der Waals surface area contributed by atoms with Crippen LogP contribution in [0.5, 0.6) is 5.75 Å². The summed E-state index contributed by atoms with van der Waals surface area (Å²) in [5.41, 5.74) is 1.76. The summed E-state index contributed by atoms with van der Waals surface area (Å²) in [6.07, 6.45) is 1.24. The zero-order valence-electron chi connectivity index (χ0n) is 15.4. The van der Waals surface area contributed by atoms with Crippen molar-refractivity contribution >= 4 is 10.9 Å². The number of aliphatic hydroxyl groups is 1. The van der Waals surface area contributed by atoms with Crippen molar-refractivity contribution < 1.29 is 14.2 Å². The molecule has 1 N–H and O–H groups in total. The summed E-state index contributed by atoms with van der Waals surface area (Å²) in [6.45, 7) is 2.26. The van der Waals surface area contributed by atoms with Gasteiger partial charge in [0.05, 0.1) is 18.4 Å². The number of hydrogen-bond donors (Lipinski definition) is 1. The fraction of sp³-hybridized carbons (Fsp3) is 0.318. The van der Waals surface area contributed by atoms with Crippen LogP contribution in [-0.4, -0.2) is 35.2 Å². The summed E-state index contributed by atoms with van der Waals surface area (Å²) in [6, 6.07) is 16.2. The van der Waals surface area contributed by atoms with E-state index in [1.54, 1.807) is 19.2 Å². The number of rotatable bonds is 4. The van der Waals surface area contributed by atoms with E-state index in [9.17, 15) is 9.50 Å². The van der Waals surface area contributed by atoms with Crippen LogP contribution in [0.3, 0.4) is 0 Å². The third-order valence-electron chi connectivity index (χ3n) is 5.41. The van der Waals surface area contributed by atoms with Crippen LogP contribution in [-0.2, 0) is 12.1 Å². The van der Waals surface area contributed by atoms with Crippen molar-refractivity contribution in [1.82, 2.24) is 9.88 Å². The minimum absolute atomic E-state index is 0.280. The summed E-state index contributed by atoms with van der Waals surface area (Å²) in [5.74, 6) is 0.497. The van der Waals surface area contributed by atoms with Crippen molar-refractivity contribution in [2.75, 3.05) is 20.2 Å². The van der Waals surface area contributed by atoms with Crippen LogP contribution in [0.1, 0.15) is 24.1 Å². The molecule has 1 aliphatic heterocycles. The van der Waals surface area contributed by atoms with Gasteiger partial charge in [0.15, 0.2) is 0 Å². The number of piperidine rings is 1. The number of benzene rings is 2. The molecule has 3 aromatic rings. The van der Waals surface area contributed by atoms with E-state index < -0.39 is 5.60 Å². The van der Waals surface area contributed by atoms with Gasteiger partial charge in [-0.1, -0.05) is 30.3 Å². The smallest absolute Gasteiger partial charge is 0.145 e. The summed E-state index contributed by atoms with van der Waals surface area (Å²) in [4.78, 5) is 7.07. The molecular formula is C22H23FN2O2. The first-order valence-electron chi connectivity index (χ1n) is 9.21. The second-order valence-electron chi connectivity index (χ2n) is 7.15. The molecule has 2 aromatic carbocycles. The highest BCUT2D eigenvalue weighted by atomic mass is 19.1. The van der Waals surface area contributed by atoms with Crippen LogP contribution in [0.4, 0.5) is 4.39 Å². The average Bonchev–Trinajstić information content (AvgIpc) is 2.70. The molecule has 0 bridgehead atoms. The van der Waals surface area contributed by atoms with E-state index in [4.69, 9.17) is 9.72 Å². The molecule has 5 heteroatoms. The van der Waals surface area contributed by atoms with Gasteiger partial charge in [0.2, 0.25) is 0 Å². The minimum atomic E-state index is -0.885. The van der Waals surface area contributed by atoms with Crippen LogP contribution in [0.25, 0.3) is 10.9 Å². The van der Waals surface area contributed by atoms with Crippen molar-refractivity contribution in [3.8, 4) is 5.75 Å². The highest BCUT2D eigenvalue weighted by Crippen LogP contribution is 2.33. The second-order valence-corrected chi connectivity index (χ2v) is 7.15. The molecule has 140 valence electrons. The number of nitrogens with zero attached hydrogens (tertiary/aromatic N) is 2. The van der Waals surface area contributed by atoms with E-state index in [0.717, 1.165) is 47.5 Å². The molecule has 1 fully saturated rings. The van der Waals surface area contributed by atoms with Crippen molar-refractivity contribution in [1.29, 1.82) is 0 Å². The molecule has 1 aliphatic rings. The molecular weight excluding hydrogens is 343 g/mol. The predicted molar refractivity (Wildman–Crippen MR) is 103 cm³/mol. The fourth-order valence-corrected chi connectivity index (χ4v) is 3.77. The van der Waals surface area contributed by atoms with E-state index in [-0.39, 0.29) is 5.82 Å². The lowest BCUT2D eigenvalue weighted by molar-refractivity contribution is -0.0280. The molecule has 4 rings (SSSR count). The Hall–Kier alpha value is -2.50. The number of aromatic nitrogens is 1. The molecule has 27 heavy (non-hydrogen) atoms. The van der Waals surface area contributed by atoms with Gasteiger partial charge in [-0.15, -0.1) is 0 Å². The Balaban J connectivity index is 1.46. The Labute approximate surface area is 158 Å². The molecule has 0 amide bonds. The maximum Gasteiger partial charge on any atom is 0.145 e. The van der Waals surface area contributed by atoms with Crippen LogP contribution >= 0.6 is 0 Å². The van der Waals surface area contributed by atoms with Gasteiger partial charge in [-0.2, -0.15) is 0 Å². The SMILES string of the molecule is COc1cccc2ccc(CN3CCC(O)(c4ccc(F)cc4)CC3)nc12. The van der Waals surface area contributed by atoms with E-state index in [2.05, 4.69) is 11.0 Å². The lowest BCUT2D eigenvalue weighted by Crippen LogP contribution is -2.42. The molecule has 0 aliphatic carbocycles. The van der Waals surface area contributed by atoms with Gasteiger partial charge >= 0.3 is 0 Å². The maximum atomic E-state index is 13.1. The average molecular weight is 366 g/mol. The lowest BCUT2D eigenvalue weighted by atomic mass is 9.84. The first-order chi connectivity index (χ1) is 13.1. The number of fused-ring (bicyclic) bond motifs is 1. The zero-order chi connectivity index (χ0) is 18.9. The molecule has 0 atom stereocenters. The third kappa shape index (κ3) is 3.66. The highest BCUT2D eigenvalue weighted by Gasteiger charge is 2.34. The molecule has 2 heterocycles. The van der Waals surface area contributed by atoms with Crippen molar-refractivity contribution in [2.45, 2.75) is 25.0 Å². The largest absolute Gasteiger partial charge is 0.494 e. The normalized spacial score (nSPS) is 17.1. The number of para-hydroxylation sites is 1. The number of hydrogen-bond acceptors (Lipinski definition) is 4. The van der Waals surface area contributed by atoms with Gasteiger partial charge in [0, 0.05) is 25.0 Å². The quantitative estimate of drug-likeness (QED) is 0.761. The molecule has 4 nitrogen and oxygen atoms in total. The van der Waals surface area contributed by atoms with Crippen LogP contribution in [0.15, 0.2) is 54.6 Å². The van der Waals surface area contributed by atoms with Gasteiger partial charge in [0.1, 0.15) is 17.1 Å². The standard InChI is InChI=1S/C22H23FN2O2/c1-27-20-4-2-3-16-5-10-19(24-21(16)20)15-25-13-11-22(26,12-14-25)17-6-8-18(23)9-7-17/h2-10,26H,11-15H2,1H3. The summed E-state index contributed by atoms with van der Waals surface area (Å²) >= 11 is 0. The van der Waals surface area contributed by atoms with Crippen molar-refractivity contribution in [3.63, 3.8) is 0 Å². The highest BCUT2D eigenvalue weighted by molar-refractivity contribution is 5.84. The Morgan fingerprint density at radius 3 is 2.52 bits per heavy atom. The van der Waals surface area contributed by atoms with Crippen LogP contribution in [0, 0.1) is 5.82 Å². The minimum Gasteiger partial charge on any atom is -0.494 e. The van der Waals surface area contributed by atoms with Gasteiger partial charge in [0.25, 0.3) is 0 Å². The molecule has 1 saturated heterocycles.